The number of halogens is 1. The normalized spacial score (nSPS) is 10.9. The summed E-state index contributed by atoms with van der Waals surface area (Å²) < 4.78 is 1.73. The van der Waals surface area contributed by atoms with Crippen LogP contribution in [0.3, 0.4) is 0 Å². The zero-order valence-corrected chi connectivity index (χ0v) is 13.0. The van der Waals surface area contributed by atoms with Crippen LogP contribution in [0.15, 0.2) is 46.8 Å². The van der Waals surface area contributed by atoms with Crippen molar-refractivity contribution in [1.82, 2.24) is 4.98 Å². The highest BCUT2D eigenvalue weighted by molar-refractivity contribution is 8.00. The summed E-state index contributed by atoms with van der Waals surface area (Å²) in [6.45, 7) is 0. The minimum atomic E-state index is -0.391. The van der Waals surface area contributed by atoms with Gasteiger partial charge in [-0.15, -0.1) is 11.3 Å². The molecule has 0 aliphatic rings. The highest BCUT2D eigenvalue weighted by Crippen LogP contribution is 2.33. The fourth-order valence-electron chi connectivity index (χ4n) is 1.84. The van der Waals surface area contributed by atoms with E-state index in [4.69, 9.17) is 11.6 Å². The number of nitrogens with zero attached hydrogens (tertiary/aromatic N) is 2. The summed E-state index contributed by atoms with van der Waals surface area (Å²) in [4.78, 5) is 14.9. The molecule has 21 heavy (non-hydrogen) atoms. The molecule has 0 saturated heterocycles. The Morgan fingerprint density at radius 2 is 2.14 bits per heavy atom. The van der Waals surface area contributed by atoms with Gasteiger partial charge in [-0.1, -0.05) is 35.5 Å². The number of fused-ring (bicyclic) bond motifs is 1. The van der Waals surface area contributed by atoms with Crippen LogP contribution in [0.25, 0.3) is 10.2 Å². The first-order chi connectivity index (χ1) is 10.1. The predicted octanol–water partition coefficient (Wildman–Crippen LogP) is 5.15. The molecule has 106 valence electrons. The number of nitro groups is 1. The molecule has 0 spiro atoms. The Bertz CT molecular complexity index is 820. The summed E-state index contributed by atoms with van der Waals surface area (Å²) >= 11 is 9.02. The van der Waals surface area contributed by atoms with Gasteiger partial charge in [0.2, 0.25) is 0 Å². The lowest BCUT2D eigenvalue weighted by molar-refractivity contribution is -0.384. The van der Waals surface area contributed by atoms with Crippen LogP contribution >= 0.6 is 34.7 Å². The Kier molecular flexibility index (Phi) is 4.10. The van der Waals surface area contributed by atoms with E-state index in [9.17, 15) is 10.1 Å². The molecular formula is C14H9ClN2O2S2. The van der Waals surface area contributed by atoms with E-state index in [0.717, 1.165) is 25.9 Å². The van der Waals surface area contributed by atoms with Crippen molar-refractivity contribution < 1.29 is 4.92 Å². The van der Waals surface area contributed by atoms with Crippen LogP contribution < -0.4 is 0 Å². The van der Waals surface area contributed by atoms with Gasteiger partial charge < -0.3 is 0 Å². The van der Waals surface area contributed by atoms with Gasteiger partial charge in [-0.05, 0) is 23.8 Å². The number of rotatable bonds is 4. The summed E-state index contributed by atoms with van der Waals surface area (Å²) in [6, 6.07) is 12.4. The average Bonchev–Trinajstić information content (AvgIpc) is 2.87. The number of hydrogen-bond donors (Lipinski definition) is 0. The molecule has 0 aliphatic heterocycles. The molecule has 0 saturated carbocycles. The van der Waals surface area contributed by atoms with Crippen LogP contribution in [-0.4, -0.2) is 9.91 Å². The molecule has 3 rings (SSSR count). The van der Waals surface area contributed by atoms with Gasteiger partial charge in [0.15, 0.2) is 4.34 Å². The molecule has 2 aromatic carbocycles. The standard InChI is InChI=1S/C14H9ClN2O2S2/c15-10-3-1-2-9(6-10)8-20-14-16-12-5-4-11(17(18)19)7-13(12)21-14/h1-7H,8H2. The summed E-state index contributed by atoms with van der Waals surface area (Å²) in [6.07, 6.45) is 0. The van der Waals surface area contributed by atoms with Crippen LogP contribution in [-0.2, 0) is 5.75 Å². The first-order valence-electron chi connectivity index (χ1n) is 6.04. The SMILES string of the molecule is O=[N+]([O-])c1ccc2nc(SCc3cccc(Cl)c3)sc2c1. The smallest absolute Gasteiger partial charge is 0.258 e. The first kappa shape index (κ1) is 14.3. The Morgan fingerprint density at radius 1 is 1.29 bits per heavy atom. The van der Waals surface area contributed by atoms with E-state index in [1.54, 1.807) is 23.9 Å². The van der Waals surface area contributed by atoms with E-state index in [1.807, 2.05) is 24.3 Å². The van der Waals surface area contributed by atoms with Crippen LogP contribution in [0.5, 0.6) is 0 Å². The van der Waals surface area contributed by atoms with E-state index in [2.05, 4.69) is 4.98 Å². The van der Waals surface area contributed by atoms with Gasteiger partial charge in [0.05, 0.1) is 15.1 Å². The van der Waals surface area contributed by atoms with E-state index in [1.165, 1.54) is 17.4 Å². The fourth-order valence-corrected chi connectivity index (χ4v) is 4.10. The molecule has 0 aliphatic carbocycles. The zero-order valence-electron chi connectivity index (χ0n) is 10.7. The molecule has 0 N–H and O–H groups in total. The minimum Gasteiger partial charge on any atom is -0.258 e. The molecule has 0 unspecified atom stereocenters. The molecule has 0 amide bonds. The van der Waals surface area contributed by atoms with Crippen LogP contribution in [0.1, 0.15) is 5.56 Å². The maximum Gasteiger partial charge on any atom is 0.270 e. The lowest BCUT2D eigenvalue weighted by Crippen LogP contribution is -1.85. The number of aromatic nitrogens is 1. The maximum absolute atomic E-state index is 10.8. The Hall–Kier alpha value is -1.63. The van der Waals surface area contributed by atoms with Crippen molar-refractivity contribution in [3.05, 3.63) is 63.2 Å². The third-order valence-corrected chi connectivity index (χ3v) is 5.28. The zero-order chi connectivity index (χ0) is 14.8. The number of hydrogen-bond acceptors (Lipinski definition) is 5. The molecule has 0 atom stereocenters. The number of nitro benzene ring substituents is 1. The largest absolute Gasteiger partial charge is 0.270 e. The first-order valence-corrected chi connectivity index (χ1v) is 8.22. The molecule has 0 fully saturated rings. The highest BCUT2D eigenvalue weighted by atomic mass is 35.5. The second kappa shape index (κ2) is 6.01. The second-order valence-electron chi connectivity index (χ2n) is 4.31. The van der Waals surface area contributed by atoms with E-state index < -0.39 is 4.92 Å². The van der Waals surface area contributed by atoms with Crippen molar-refractivity contribution in [2.45, 2.75) is 10.1 Å². The molecule has 0 radical (unpaired) electrons. The lowest BCUT2D eigenvalue weighted by Gasteiger charge is -1.99. The Labute approximate surface area is 133 Å². The van der Waals surface area contributed by atoms with Crippen molar-refractivity contribution in [3.8, 4) is 0 Å². The number of non-ortho nitro benzene ring substituents is 1. The van der Waals surface area contributed by atoms with Gasteiger partial charge in [0.25, 0.3) is 5.69 Å². The molecule has 0 bridgehead atoms. The van der Waals surface area contributed by atoms with Gasteiger partial charge in [-0.2, -0.15) is 0 Å². The molecule has 7 heteroatoms. The Balaban J connectivity index is 1.80. The summed E-state index contributed by atoms with van der Waals surface area (Å²) in [5.41, 5.74) is 2.01. The van der Waals surface area contributed by atoms with Crippen molar-refractivity contribution in [3.63, 3.8) is 0 Å². The van der Waals surface area contributed by atoms with Gasteiger partial charge in [0, 0.05) is 22.9 Å². The summed E-state index contributed by atoms with van der Waals surface area (Å²) in [5, 5.41) is 11.5. The van der Waals surface area contributed by atoms with Crippen molar-refractivity contribution >= 4 is 50.6 Å². The Morgan fingerprint density at radius 3 is 2.90 bits per heavy atom. The molecule has 1 aromatic heterocycles. The molecule has 1 heterocycles. The summed E-state index contributed by atoms with van der Waals surface area (Å²) in [5.74, 6) is 0.766. The van der Waals surface area contributed by atoms with Crippen LogP contribution in [0.2, 0.25) is 5.02 Å². The topological polar surface area (TPSA) is 56.0 Å². The number of benzene rings is 2. The van der Waals surface area contributed by atoms with Gasteiger partial charge in [-0.25, -0.2) is 4.98 Å². The third kappa shape index (κ3) is 3.34. The molecule has 3 aromatic rings. The lowest BCUT2D eigenvalue weighted by atomic mass is 10.2. The monoisotopic (exact) mass is 336 g/mol. The third-order valence-electron chi connectivity index (χ3n) is 2.81. The van der Waals surface area contributed by atoms with Crippen LogP contribution in [0.4, 0.5) is 5.69 Å². The van der Waals surface area contributed by atoms with Gasteiger partial charge in [-0.3, -0.25) is 10.1 Å². The highest BCUT2D eigenvalue weighted by Gasteiger charge is 2.10. The average molecular weight is 337 g/mol. The van der Waals surface area contributed by atoms with Gasteiger partial charge in [0.1, 0.15) is 0 Å². The number of thioether (sulfide) groups is 1. The van der Waals surface area contributed by atoms with E-state index >= 15 is 0 Å². The molecular weight excluding hydrogens is 328 g/mol. The molecule has 4 nitrogen and oxygen atoms in total. The van der Waals surface area contributed by atoms with E-state index in [0.29, 0.717) is 5.02 Å². The van der Waals surface area contributed by atoms with Crippen molar-refractivity contribution in [2.75, 3.05) is 0 Å². The van der Waals surface area contributed by atoms with E-state index in [-0.39, 0.29) is 5.69 Å². The quantitative estimate of drug-likeness (QED) is 0.375. The maximum atomic E-state index is 10.8. The summed E-state index contributed by atoms with van der Waals surface area (Å²) in [7, 11) is 0. The van der Waals surface area contributed by atoms with Crippen LogP contribution in [0, 0.1) is 10.1 Å². The second-order valence-corrected chi connectivity index (χ2v) is 7.00. The minimum absolute atomic E-state index is 0.0949. The number of thiazole rings is 1. The van der Waals surface area contributed by atoms with Crippen molar-refractivity contribution in [1.29, 1.82) is 0 Å². The van der Waals surface area contributed by atoms with Gasteiger partial charge >= 0.3 is 0 Å². The van der Waals surface area contributed by atoms with Crippen molar-refractivity contribution in [2.24, 2.45) is 0 Å². The fraction of sp³-hybridized carbons (Fsp3) is 0.0714. The predicted molar refractivity (Wildman–Crippen MR) is 87.3 cm³/mol.